The molecule has 0 spiro atoms. The molecular formula is C18H22N4O2. The second kappa shape index (κ2) is 8.57. The summed E-state index contributed by atoms with van der Waals surface area (Å²) in [5.74, 6) is 1.24. The minimum Gasteiger partial charge on any atom is -0.490 e. The van der Waals surface area contributed by atoms with Crippen LogP contribution in [-0.4, -0.2) is 18.8 Å². The molecule has 2 aromatic rings. The molecule has 0 radical (unpaired) electrons. The summed E-state index contributed by atoms with van der Waals surface area (Å²) < 4.78 is 11.5. The summed E-state index contributed by atoms with van der Waals surface area (Å²) in [6, 6.07) is 13.7. The van der Waals surface area contributed by atoms with Crippen molar-refractivity contribution in [3.8, 4) is 11.5 Å². The van der Waals surface area contributed by atoms with Crippen molar-refractivity contribution in [1.29, 1.82) is 0 Å². The topological polar surface area (TPSA) is 95.2 Å². The summed E-state index contributed by atoms with van der Waals surface area (Å²) in [4.78, 5) is 0. The van der Waals surface area contributed by atoms with Crippen LogP contribution < -0.4 is 20.9 Å². The van der Waals surface area contributed by atoms with Crippen molar-refractivity contribution in [3.05, 3.63) is 59.2 Å². The number of hydrogen-bond donors (Lipinski definition) is 2. The van der Waals surface area contributed by atoms with Crippen LogP contribution in [0.4, 0.5) is 0 Å². The van der Waals surface area contributed by atoms with Crippen molar-refractivity contribution in [3.63, 3.8) is 0 Å². The van der Waals surface area contributed by atoms with Gasteiger partial charge < -0.3 is 20.9 Å². The van der Waals surface area contributed by atoms with Gasteiger partial charge in [-0.3, -0.25) is 0 Å². The van der Waals surface area contributed by atoms with Crippen molar-refractivity contribution in [2.45, 2.75) is 20.5 Å². The summed E-state index contributed by atoms with van der Waals surface area (Å²) in [7, 11) is 0. The minimum absolute atomic E-state index is 0.0885. The SMILES string of the molecule is CCOc1cc(C=NN=C(N)N)ccc1OCc1cccc(C)c1. The van der Waals surface area contributed by atoms with Gasteiger partial charge in [0, 0.05) is 0 Å². The first-order valence-corrected chi connectivity index (χ1v) is 7.65. The molecule has 0 fully saturated rings. The molecule has 6 nitrogen and oxygen atoms in total. The molecule has 2 aromatic carbocycles. The van der Waals surface area contributed by atoms with Crippen molar-refractivity contribution >= 4 is 12.2 Å². The van der Waals surface area contributed by atoms with Gasteiger partial charge in [0.15, 0.2) is 11.5 Å². The van der Waals surface area contributed by atoms with E-state index in [2.05, 4.69) is 29.3 Å². The van der Waals surface area contributed by atoms with Crippen LogP contribution in [0, 0.1) is 6.92 Å². The fraction of sp³-hybridized carbons (Fsp3) is 0.222. The van der Waals surface area contributed by atoms with Gasteiger partial charge in [-0.05, 0) is 43.2 Å². The van der Waals surface area contributed by atoms with Gasteiger partial charge in [-0.15, -0.1) is 5.10 Å². The van der Waals surface area contributed by atoms with Gasteiger partial charge in [-0.25, -0.2) is 0 Å². The Morgan fingerprint density at radius 1 is 1.08 bits per heavy atom. The normalized spacial score (nSPS) is 10.6. The lowest BCUT2D eigenvalue weighted by atomic mass is 10.1. The minimum atomic E-state index is -0.0885. The number of nitrogens with two attached hydrogens (primary N) is 2. The summed E-state index contributed by atoms with van der Waals surface area (Å²) in [6.45, 7) is 4.99. The zero-order valence-electron chi connectivity index (χ0n) is 13.9. The third-order valence-electron chi connectivity index (χ3n) is 3.12. The Kier molecular flexibility index (Phi) is 6.19. The molecule has 0 aromatic heterocycles. The summed E-state index contributed by atoms with van der Waals surface area (Å²) in [5.41, 5.74) is 13.6. The zero-order chi connectivity index (χ0) is 17.4. The Bertz CT molecular complexity index is 738. The summed E-state index contributed by atoms with van der Waals surface area (Å²) in [5, 5.41) is 7.36. The van der Waals surface area contributed by atoms with Crippen LogP contribution in [0.15, 0.2) is 52.7 Å². The number of nitrogens with zero attached hydrogens (tertiary/aromatic N) is 2. The van der Waals surface area contributed by atoms with E-state index in [1.54, 1.807) is 6.21 Å². The average molecular weight is 326 g/mol. The van der Waals surface area contributed by atoms with Crippen LogP contribution in [0.3, 0.4) is 0 Å². The highest BCUT2D eigenvalue weighted by atomic mass is 16.5. The first-order valence-electron chi connectivity index (χ1n) is 7.65. The van der Waals surface area contributed by atoms with Crippen LogP contribution in [0.1, 0.15) is 23.6 Å². The number of guanidine groups is 1. The maximum Gasteiger partial charge on any atom is 0.211 e. The number of rotatable bonds is 7. The van der Waals surface area contributed by atoms with Gasteiger partial charge in [-0.1, -0.05) is 29.8 Å². The van der Waals surface area contributed by atoms with E-state index in [1.807, 2.05) is 37.3 Å². The standard InChI is InChI=1S/C18H22N4O2/c1-3-23-17-10-14(11-21-22-18(19)20)7-8-16(17)24-12-15-6-4-5-13(2)9-15/h4-11H,3,12H2,1-2H3,(H4,19,20,22). The van der Waals surface area contributed by atoms with Gasteiger partial charge >= 0.3 is 0 Å². The Hall–Kier alpha value is -3.02. The molecule has 0 saturated carbocycles. The average Bonchev–Trinajstić information content (AvgIpc) is 2.54. The van der Waals surface area contributed by atoms with Crippen molar-refractivity contribution < 1.29 is 9.47 Å². The van der Waals surface area contributed by atoms with E-state index in [0.717, 1.165) is 11.1 Å². The molecule has 0 unspecified atom stereocenters. The molecule has 0 heterocycles. The van der Waals surface area contributed by atoms with Crippen molar-refractivity contribution in [2.75, 3.05) is 6.61 Å². The number of hydrogen-bond acceptors (Lipinski definition) is 4. The van der Waals surface area contributed by atoms with Gasteiger partial charge in [0.2, 0.25) is 5.96 Å². The first-order chi connectivity index (χ1) is 11.6. The predicted molar refractivity (Wildman–Crippen MR) is 96.5 cm³/mol. The third kappa shape index (κ3) is 5.31. The van der Waals surface area contributed by atoms with Crippen molar-refractivity contribution in [1.82, 2.24) is 0 Å². The van der Waals surface area contributed by atoms with E-state index in [4.69, 9.17) is 20.9 Å². The second-order valence-corrected chi connectivity index (χ2v) is 5.19. The van der Waals surface area contributed by atoms with Crippen LogP contribution in [0.25, 0.3) is 0 Å². The molecule has 24 heavy (non-hydrogen) atoms. The number of benzene rings is 2. The van der Waals surface area contributed by atoms with Gasteiger partial charge in [-0.2, -0.15) is 5.10 Å². The molecule has 126 valence electrons. The molecule has 6 heteroatoms. The predicted octanol–water partition coefficient (Wildman–Crippen LogP) is 2.58. The molecule has 0 bridgehead atoms. The molecule has 2 rings (SSSR count). The van der Waals surface area contributed by atoms with Crippen LogP contribution in [-0.2, 0) is 6.61 Å². The fourth-order valence-electron chi connectivity index (χ4n) is 2.12. The number of aryl methyl sites for hydroxylation is 1. The second-order valence-electron chi connectivity index (χ2n) is 5.19. The van der Waals surface area contributed by atoms with E-state index in [0.29, 0.717) is 24.7 Å². The van der Waals surface area contributed by atoms with E-state index in [9.17, 15) is 0 Å². The number of ether oxygens (including phenoxy) is 2. The maximum absolute atomic E-state index is 5.89. The van der Waals surface area contributed by atoms with Gasteiger partial charge in [0.25, 0.3) is 0 Å². The Morgan fingerprint density at radius 3 is 2.62 bits per heavy atom. The highest BCUT2D eigenvalue weighted by Gasteiger charge is 2.06. The first kappa shape index (κ1) is 17.3. The van der Waals surface area contributed by atoms with E-state index < -0.39 is 0 Å². The highest BCUT2D eigenvalue weighted by molar-refractivity contribution is 5.82. The van der Waals surface area contributed by atoms with Crippen LogP contribution >= 0.6 is 0 Å². The fourth-order valence-corrected chi connectivity index (χ4v) is 2.12. The van der Waals surface area contributed by atoms with E-state index in [-0.39, 0.29) is 5.96 Å². The lowest BCUT2D eigenvalue weighted by molar-refractivity contribution is 0.269. The molecule has 0 amide bonds. The van der Waals surface area contributed by atoms with E-state index in [1.165, 1.54) is 5.56 Å². The Morgan fingerprint density at radius 2 is 1.92 bits per heavy atom. The molecular weight excluding hydrogens is 304 g/mol. The lowest BCUT2D eigenvalue weighted by Crippen LogP contribution is -2.21. The van der Waals surface area contributed by atoms with Crippen molar-refractivity contribution in [2.24, 2.45) is 21.7 Å². The van der Waals surface area contributed by atoms with Crippen LogP contribution in [0.5, 0.6) is 11.5 Å². The van der Waals surface area contributed by atoms with E-state index >= 15 is 0 Å². The van der Waals surface area contributed by atoms with Crippen LogP contribution in [0.2, 0.25) is 0 Å². The molecule has 0 saturated heterocycles. The largest absolute Gasteiger partial charge is 0.490 e. The molecule has 0 atom stereocenters. The quantitative estimate of drug-likeness (QED) is 0.464. The maximum atomic E-state index is 5.89. The Balaban J connectivity index is 2.13. The monoisotopic (exact) mass is 326 g/mol. The molecule has 0 aliphatic carbocycles. The summed E-state index contributed by atoms with van der Waals surface area (Å²) in [6.07, 6.45) is 1.55. The highest BCUT2D eigenvalue weighted by Crippen LogP contribution is 2.29. The van der Waals surface area contributed by atoms with Gasteiger partial charge in [0.1, 0.15) is 6.61 Å². The molecule has 0 aliphatic rings. The van der Waals surface area contributed by atoms with Gasteiger partial charge in [0.05, 0.1) is 12.8 Å². The third-order valence-corrected chi connectivity index (χ3v) is 3.12. The Labute approximate surface area is 141 Å². The summed E-state index contributed by atoms with van der Waals surface area (Å²) >= 11 is 0. The molecule has 4 N–H and O–H groups in total. The smallest absolute Gasteiger partial charge is 0.211 e. The molecule has 0 aliphatic heterocycles. The lowest BCUT2D eigenvalue weighted by Gasteiger charge is -2.12. The zero-order valence-corrected chi connectivity index (χ0v) is 13.9.